The van der Waals surface area contributed by atoms with Crippen molar-refractivity contribution in [3.05, 3.63) is 46.3 Å². The molecule has 9 nitrogen and oxygen atoms in total. The SMILES string of the molecule is CCOC(=O)CCN1CCN(c2cc(Nc3nc(-c4cc(F)cc(C(F)(F)F)c4)c(CN4CCC[C@H]4C)s3)nc(C)n2)C[C@H]1C. The summed E-state index contributed by atoms with van der Waals surface area (Å²) in [5, 5.41) is 3.70. The number of esters is 1. The van der Waals surface area contributed by atoms with Crippen molar-refractivity contribution in [1.29, 1.82) is 0 Å². The number of aryl methyl sites for hydroxylation is 1. The molecule has 2 atom stereocenters. The summed E-state index contributed by atoms with van der Waals surface area (Å²) in [6.45, 7) is 12.4. The lowest BCUT2D eigenvalue weighted by Crippen LogP contribution is -2.52. The maximum absolute atomic E-state index is 14.4. The van der Waals surface area contributed by atoms with E-state index >= 15 is 0 Å². The Bertz CT molecular complexity index is 1500. The molecule has 14 heteroatoms. The van der Waals surface area contributed by atoms with Crippen molar-refractivity contribution >= 4 is 34.1 Å². The zero-order valence-corrected chi connectivity index (χ0v) is 26.8. The number of piperazine rings is 1. The van der Waals surface area contributed by atoms with E-state index in [0.29, 0.717) is 73.8 Å². The second-order valence-electron chi connectivity index (χ2n) is 11.6. The molecule has 2 aliphatic rings. The number of rotatable bonds is 10. The van der Waals surface area contributed by atoms with Crippen molar-refractivity contribution in [3.8, 4) is 11.3 Å². The van der Waals surface area contributed by atoms with Crippen LogP contribution in [0.2, 0.25) is 0 Å². The molecule has 1 N–H and O–H groups in total. The molecule has 0 radical (unpaired) electrons. The van der Waals surface area contributed by atoms with E-state index in [9.17, 15) is 22.4 Å². The van der Waals surface area contributed by atoms with Crippen LogP contribution < -0.4 is 10.2 Å². The molecule has 2 fully saturated rings. The number of benzene rings is 1. The average molecular weight is 650 g/mol. The van der Waals surface area contributed by atoms with Crippen LogP contribution in [0, 0.1) is 12.7 Å². The van der Waals surface area contributed by atoms with Gasteiger partial charge in [-0.3, -0.25) is 14.6 Å². The first-order valence-corrected chi connectivity index (χ1v) is 16.1. The minimum Gasteiger partial charge on any atom is -0.466 e. The zero-order chi connectivity index (χ0) is 32.3. The summed E-state index contributed by atoms with van der Waals surface area (Å²) < 4.78 is 60.2. The average Bonchev–Trinajstić information content (AvgIpc) is 3.56. The van der Waals surface area contributed by atoms with Crippen LogP contribution in [0.15, 0.2) is 24.3 Å². The molecular weight excluding hydrogens is 610 g/mol. The normalized spacial score (nSPS) is 19.7. The van der Waals surface area contributed by atoms with Gasteiger partial charge < -0.3 is 15.0 Å². The lowest BCUT2D eigenvalue weighted by atomic mass is 10.1. The van der Waals surface area contributed by atoms with E-state index in [-0.39, 0.29) is 17.6 Å². The Morgan fingerprint density at radius 1 is 1.07 bits per heavy atom. The van der Waals surface area contributed by atoms with Crippen LogP contribution in [0.25, 0.3) is 11.3 Å². The Morgan fingerprint density at radius 2 is 1.87 bits per heavy atom. The summed E-state index contributed by atoms with van der Waals surface area (Å²) in [6, 6.07) is 4.91. The van der Waals surface area contributed by atoms with Crippen LogP contribution in [0.1, 0.15) is 56.3 Å². The third kappa shape index (κ3) is 8.27. The van der Waals surface area contributed by atoms with Crippen LogP contribution in [0.4, 0.5) is 34.3 Å². The number of ether oxygens (including phenoxy) is 1. The van der Waals surface area contributed by atoms with Gasteiger partial charge in [-0.05, 0) is 65.3 Å². The quantitative estimate of drug-likeness (QED) is 0.202. The minimum atomic E-state index is -4.68. The first-order valence-electron chi connectivity index (χ1n) is 15.3. The number of hydrogen-bond donors (Lipinski definition) is 1. The molecule has 0 unspecified atom stereocenters. The molecule has 2 aliphatic heterocycles. The molecule has 0 aliphatic carbocycles. The molecule has 1 aromatic carbocycles. The van der Waals surface area contributed by atoms with Gasteiger partial charge in [0, 0.05) is 61.3 Å². The summed E-state index contributed by atoms with van der Waals surface area (Å²) >= 11 is 1.33. The van der Waals surface area contributed by atoms with Crippen molar-refractivity contribution < 1.29 is 27.1 Å². The Kier molecular flexibility index (Phi) is 10.2. The smallest absolute Gasteiger partial charge is 0.416 e. The maximum atomic E-state index is 14.4. The van der Waals surface area contributed by atoms with Crippen molar-refractivity contribution in [2.75, 3.05) is 49.5 Å². The van der Waals surface area contributed by atoms with E-state index < -0.39 is 17.6 Å². The van der Waals surface area contributed by atoms with Crippen molar-refractivity contribution in [1.82, 2.24) is 24.8 Å². The lowest BCUT2D eigenvalue weighted by molar-refractivity contribution is -0.143. The van der Waals surface area contributed by atoms with E-state index in [1.165, 1.54) is 11.3 Å². The molecule has 5 rings (SSSR count). The van der Waals surface area contributed by atoms with Gasteiger partial charge in [0.2, 0.25) is 0 Å². The maximum Gasteiger partial charge on any atom is 0.416 e. The van der Waals surface area contributed by atoms with Crippen molar-refractivity contribution in [2.24, 2.45) is 0 Å². The highest BCUT2D eigenvalue weighted by Crippen LogP contribution is 2.38. The zero-order valence-electron chi connectivity index (χ0n) is 26.0. The first-order chi connectivity index (χ1) is 21.4. The fraction of sp³-hybridized carbons (Fsp3) is 0.548. The van der Waals surface area contributed by atoms with Gasteiger partial charge in [-0.15, -0.1) is 0 Å². The monoisotopic (exact) mass is 649 g/mol. The minimum absolute atomic E-state index is 0.0860. The Morgan fingerprint density at radius 3 is 2.56 bits per heavy atom. The van der Waals surface area contributed by atoms with Gasteiger partial charge in [-0.1, -0.05) is 11.3 Å². The largest absolute Gasteiger partial charge is 0.466 e. The second kappa shape index (κ2) is 14.0. The van der Waals surface area contributed by atoms with Gasteiger partial charge in [0.15, 0.2) is 5.13 Å². The standard InChI is InChI=1S/C31H39F4N7O2S/c1-5-44-28(43)8-10-40-11-12-42(17-20(40)3)27-16-26(36-21(4)37-27)38-30-39-29(25(45-30)18-41-9-6-7-19(41)2)22-13-23(31(33,34)35)15-24(32)14-22/h13-16,19-20H,5-12,17-18H2,1-4H3,(H,36,37,38,39)/t19-,20-/m1/s1. The number of anilines is 3. The van der Waals surface area contributed by atoms with Crippen molar-refractivity contribution in [2.45, 2.75) is 71.8 Å². The predicted octanol–water partition coefficient (Wildman–Crippen LogP) is 6.26. The highest BCUT2D eigenvalue weighted by Gasteiger charge is 2.32. The second-order valence-corrected chi connectivity index (χ2v) is 12.7. The molecule has 0 spiro atoms. The Hall–Kier alpha value is -3.36. The molecule has 4 heterocycles. The fourth-order valence-corrected chi connectivity index (χ4v) is 6.95. The third-order valence-corrected chi connectivity index (χ3v) is 9.25. The number of carbonyl (C=O) groups excluding carboxylic acids is 1. The Balaban J connectivity index is 1.37. The van der Waals surface area contributed by atoms with E-state index in [1.807, 2.05) is 6.07 Å². The van der Waals surface area contributed by atoms with Crippen molar-refractivity contribution in [3.63, 3.8) is 0 Å². The number of alkyl halides is 3. The van der Waals surface area contributed by atoms with Crippen LogP contribution in [0.5, 0.6) is 0 Å². The van der Waals surface area contributed by atoms with E-state index in [2.05, 4.69) is 48.8 Å². The van der Waals surface area contributed by atoms with Crippen LogP contribution in [-0.4, -0.2) is 82.1 Å². The molecule has 0 saturated carbocycles. The van der Waals surface area contributed by atoms with Crippen LogP contribution in [0.3, 0.4) is 0 Å². The summed E-state index contributed by atoms with van der Waals surface area (Å²) in [5.74, 6) is 0.636. The molecular formula is C31H39F4N7O2S. The Labute approximate surface area is 264 Å². The predicted molar refractivity (Wildman–Crippen MR) is 166 cm³/mol. The van der Waals surface area contributed by atoms with E-state index in [0.717, 1.165) is 48.8 Å². The van der Waals surface area contributed by atoms with Gasteiger partial charge in [0.05, 0.1) is 24.3 Å². The van der Waals surface area contributed by atoms with E-state index in [1.54, 1.807) is 13.8 Å². The molecule has 3 aromatic rings. The number of likely N-dealkylation sites (tertiary alicyclic amines) is 1. The third-order valence-electron chi connectivity index (χ3n) is 8.29. The number of aromatic nitrogens is 3. The molecule has 2 saturated heterocycles. The topological polar surface area (TPSA) is 86.7 Å². The van der Waals surface area contributed by atoms with Crippen LogP contribution in [-0.2, 0) is 22.3 Å². The highest BCUT2D eigenvalue weighted by molar-refractivity contribution is 7.16. The molecule has 0 bridgehead atoms. The lowest BCUT2D eigenvalue weighted by Gasteiger charge is -2.40. The van der Waals surface area contributed by atoms with Gasteiger partial charge in [0.25, 0.3) is 0 Å². The van der Waals surface area contributed by atoms with Gasteiger partial charge >= 0.3 is 12.1 Å². The summed E-state index contributed by atoms with van der Waals surface area (Å²) in [6.07, 6.45) is -2.25. The number of halogens is 4. The molecule has 2 aromatic heterocycles. The van der Waals surface area contributed by atoms with E-state index in [4.69, 9.17) is 4.74 Å². The first kappa shape index (κ1) is 33.0. The summed E-state index contributed by atoms with van der Waals surface area (Å²) in [5.41, 5.74) is -0.639. The number of nitrogens with one attached hydrogen (secondary N) is 1. The number of carbonyl (C=O) groups is 1. The number of thiazole rings is 1. The summed E-state index contributed by atoms with van der Waals surface area (Å²) in [7, 11) is 0. The van der Waals surface area contributed by atoms with Gasteiger partial charge in [0.1, 0.15) is 23.3 Å². The number of hydrogen-bond acceptors (Lipinski definition) is 10. The van der Waals surface area contributed by atoms with Crippen LogP contribution >= 0.6 is 11.3 Å². The summed E-state index contributed by atoms with van der Waals surface area (Å²) in [4.78, 5) is 33.2. The fourth-order valence-electron chi connectivity index (χ4n) is 5.93. The van der Waals surface area contributed by atoms with Gasteiger partial charge in [-0.25, -0.2) is 19.3 Å². The highest BCUT2D eigenvalue weighted by atomic mass is 32.1. The molecule has 45 heavy (non-hydrogen) atoms. The molecule has 244 valence electrons. The molecule has 0 amide bonds. The number of nitrogens with zero attached hydrogens (tertiary/aromatic N) is 6. The van der Waals surface area contributed by atoms with Gasteiger partial charge in [-0.2, -0.15) is 13.2 Å².